The van der Waals surface area contributed by atoms with Gasteiger partial charge in [0.15, 0.2) is 0 Å². The first kappa shape index (κ1) is 37.7. The predicted molar refractivity (Wildman–Crippen MR) is 174 cm³/mol. The summed E-state index contributed by atoms with van der Waals surface area (Å²) in [5.41, 5.74) is 4.28. The number of aromatic nitrogens is 4. The average Bonchev–Trinajstić information content (AvgIpc) is 3.52. The molecule has 0 saturated carbocycles. The minimum atomic E-state index is 0. The molecule has 2 fully saturated rings. The maximum Gasteiger partial charge on any atom is 1.00 e. The molecule has 0 spiro atoms. The molecule has 6 heterocycles. The van der Waals surface area contributed by atoms with E-state index in [2.05, 4.69) is 102 Å². The molecule has 0 amide bonds. The van der Waals surface area contributed by atoms with E-state index in [1.807, 2.05) is 30.9 Å². The molecule has 2 aliphatic rings. The van der Waals surface area contributed by atoms with E-state index in [1.54, 1.807) is 0 Å². The van der Waals surface area contributed by atoms with Gasteiger partial charge >= 0.3 is 51.4 Å². The van der Waals surface area contributed by atoms with Gasteiger partial charge in [-0.1, -0.05) is 14.9 Å². The predicted octanol–water partition coefficient (Wildman–Crippen LogP) is 3.27. The molecule has 13 heteroatoms. The Balaban J connectivity index is 0.000000597. The SMILES string of the molecule is C.C.II.Ic1c[nH]c2ncc(N3CCOCC3)cc12.[K+].[OH-].c1cc2cc(N3CCOCC3)cnc2[nH]1. The van der Waals surface area contributed by atoms with Crippen LogP contribution in [0.1, 0.15) is 14.9 Å². The topological polar surface area (TPSA) is 112 Å². The molecule has 4 aromatic rings. The minimum absolute atomic E-state index is 0. The molecule has 9 nitrogen and oxygen atoms in total. The van der Waals surface area contributed by atoms with Gasteiger partial charge in [0.25, 0.3) is 0 Å². The van der Waals surface area contributed by atoms with Crippen LogP contribution in [0.25, 0.3) is 22.1 Å². The van der Waals surface area contributed by atoms with Crippen LogP contribution in [0.2, 0.25) is 0 Å². The normalized spacial score (nSPS) is 14.5. The molecule has 2 aliphatic heterocycles. The number of hydrogen-bond acceptors (Lipinski definition) is 7. The van der Waals surface area contributed by atoms with Crippen molar-refractivity contribution in [2.75, 3.05) is 62.4 Å². The number of aromatic amines is 2. The second kappa shape index (κ2) is 19.7. The van der Waals surface area contributed by atoms with Gasteiger partial charge < -0.3 is 34.7 Å². The van der Waals surface area contributed by atoms with Gasteiger partial charge in [-0.25, -0.2) is 9.97 Å². The van der Waals surface area contributed by atoms with Crippen molar-refractivity contribution in [3.63, 3.8) is 0 Å². The van der Waals surface area contributed by atoms with Crippen molar-refractivity contribution >= 4 is 93.3 Å². The number of halogens is 3. The van der Waals surface area contributed by atoms with Crippen LogP contribution in [-0.2, 0) is 9.47 Å². The summed E-state index contributed by atoms with van der Waals surface area (Å²) in [7, 11) is 0. The smallest absolute Gasteiger partial charge is 0.870 e. The van der Waals surface area contributed by atoms with E-state index < -0.39 is 0 Å². The van der Waals surface area contributed by atoms with Gasteiger partial charge in [-0.15, -0.1) is 0 Å². The Labute approximate surface area is 298 Å². The number of anilines is 2. The van der Waals surface area contributed by atoms with Crippen molar-refractivity contribution in [2.24, 2.45) is 0 Å². The van der Waals surface area contributed by atoms with Crippen LogP contribution < -0.4 is 61.2 Å². The molecule has 0 unspecified atom stereocenters. The summed E-state index contributed by atoms with van der Waals surface area (Å²) in [5.74, 6) is 0. The second-order valence-corrected chi connectivity index (χ2v) is 8.70. The monoisotopic (exact) mass is 874 g/mol. The molecule has 3 N–H and O–H groups in total. The summed E-state index contributed by atoms with van der Waals surface area (Å²) in [4.78, 5) is 19.7. The molecule has 37 heavy (non-hydrogen) atoms. The molecule has 2 saturated heterocycles. The molecule has 0 radical (unpaired) electrons. The van der Waals surface area contributed by atoms with Crippen LogP contribution in [0.3, 0.4) is 0 Å². The first-order valence-electron chi connectivity index (χ1n) is 10.6. The van der Waals surface area contributed by atoms with E-state index >= 15 is 0 Å². The fraction of sp³-hybridized carbons (Fsp3) is 0.417. The molecule has 4 aromatic heterocycles. The fourth-order valence-electron chi connectivity index (χ4n) is 3.88. The van der Waals surface area contributed by atoms with E-state index in [4.69, 9.17) is 9.47 Å². The molecular weight excluding hydrogens is 840 g/mol. The first-order valence-corrected chi connectivity index (χ1v) is 18.0. The summed E-state index contributed by atoms with van der Waals surface area (Å²) < 4.78 is 11.9. The average molecular weight is 874 g/mol. The number of ether oxygens (including phenoxy) is 2. The van der Waals surface area contributed by atoms with Gasteiger partial charge in [0.05, 0.1) is 50.2 Å². The van der Waals surface area contributed by atoms with E-state index in [1.165, 1.54) is 25.7 Å². The molecule has 0 aromatic carbocycles. The maximum absolute atomic E-state index is 5.35. The van der Waals surface area contributed by atoms with Gasteiger partial charge in [-0.3, -0.25) is 0 Å². The van der Waals surface area contributed by atoms with Crippen molar-refractivity contribution < 1.29 is 66.3 Å². The largest absolute Gasteiger partial charge is 1.00 e. The maximum atomic E-state index is 5.35. The summed E-state index contributed by atoms with van der Waals surface area (Å²) in [6, 6.07) is 6.42. The Morgan fingerprint density at radius 1 is 0.784 bits per heavy atom. The van der Waals surface area contributed by atoms with Gasteiger partial charge in [0.1, 0.15) is 11.3 Å². The number of hydrogen-bond donors (Lipinski definition) is 2. The Morgan fingerprint density at radius 2 is 1.30 bits per heavy atom. The van der Waals surface area contributed by atoms with Gasteiger partial charge in [-0.2, -0.15) is 0 Å². The summed E-state index contributed by atoms with van der Waals surface area (Å²) >= 11 is 6.57. The van der Waals surface area contributed by atoms with Crippen LogP contribution in [-0.4, -0.2) is 78.0 Å². The Kier molecular flexibility index (Phi) is 20.1. The third-order valence-electron chi connectivity index (χ3n) is 5.60. The molecule has 6 rings (SSSR count). The molecule has 0 aliphatic carbocycles. The Morgan fingerprint density at radius 3 is 1.86 bits per heavy atom. The van der Waals surface area contributed by atoms with E-state index in [0.29, 0.717) is 0 Å². The zero-order chi connectivity index (χ0) is 23.0. The standard InChI is InChI=1S/C11H12IN3O.C11H13N3O.2CH4.I2.K.H2O/c12-10-7-14-11-9(10)5-8(6-13-11)15-1-3-16-4-2-15;1-2-12-11-9(1)7-10(8-13-11)14-3-5-15-6-4-14;;;1-2;;/h5-7H,1-4H2,(H,13,14);1-2,7-8H,3-6H2,(H,12,13);2*1H4;;;1H2/q;;;;;+1;/p-1. The molecule has 200 valence electrons. The zero-order valence-electron chi connectivity index (χ0n) is 19.4. The fourth-order valence-corrected chi connectivity index (χ4v) is 4.44. The van der Waals surface area contributed by atoms with E-state index in [9.17, 15) is 0 Å². The number of pyridine rings is 2. The zero-order valence-corrected chi connectivity index (χ0v) is 29.0. The molecular formula is C24H34I3KN6O3. The van der Waals surface area contributed by atoms with Crippen LogP contribution in [0.5, 0.6) is 0 Å². The molecule has 0 bridgehead atoms. The van der Waals surface area contributed by atoms with Gasteiger partial charge in [0.2, 0.25) is 0 Å². The molecule has 0 atom stereocenters. The summed E-state index contributed by atoms with van der Waals surface area (Å²) in [6.07, 6.45) is 7.76. The van der Waals surface area contributed by atoms with Crippen molar-refractivity contribution in [2.45, 2.75) is 14.9 Å². The number of fused-ring (bicyclic) bond motifs is 2. The third-order valence-corrected chi connectivity index (χ3v) is 6.50. The van der Waals surface area contributed by atoms with Crippen molar-refractivity contribution in [3.8, 4) is 0 Å². The quantitative estimate of drug-likeness (QED) is 0.235. The van der Waals surface area contributed by atoms with Gasteiger partial charge in [-0.05, 0) is 40.8 Å². The second-order valence-electron chi connectivity index (χ2n) is 7.53. The summed E-state index contributed by atoms with van der Waals surface area (Å²) in [6.45, 7) is 7.05. The number of rotatable bonds is 2. The summed E-state index contributed by atoms with van der Waals surface area (Å²) in [5, 5.41) is 2.36. The van der Waals surface area contributed by atoms with Gasteiger partial charge in [0, 0.05) is 90.1 Å². The Hall–Kier alpha value is 0.686. The van der Waals surface area contributed by atoms with Crippen LogP contribution in [0.15, 0.2) is 43.0 Å². The van der Waals surface area contributed by atoms with Crippen molar-refractivity contribution in [3.05, 3.63) is 46.6 Å². The van der Waals surface area contributed by atoms with Crippen molar-refractivity contribution in [1.29, 1.82) is 0 Å². The number of nitrogens with zero attached hydrogens (tertiary/aromatic N) is 4. The number of morpholine rings is 2. The van der Waals surface area contributed by atoms with Crippen LogP contribution in [0, 0.1) is 3.57 Å². The first-order chi connectivity index (χ1) is 16.3. The van der Waals surface area contributed by atoms with E-state index in [-0.39, 0.29) is 71.7 Å². The number of H-pyrrole nitrogens is 2. The van der Waals surface area contributed by atoms with E-state index in [0.717, 1.165) is 63.9 Å². The van der Waals surface area contributed by atoms with Crippen LogP contribution in [0.4, 0.5) is 11.4 Å². The third kappa shape index (κ3) is 10.2. The number of nitrogens with one attached hydrogen (secondary N) is 2. The van der Waals surface area contributed by atoms with Crippen molar-refractivity contribution in [1.82, 2.24) is 19.9 Å². The minimum Gasteiger partial charge on any atom is -0.870 e. The Bertz CT molecular complexity index is 1170. The van der Waals surface area contributed by atoms with Crippen LogP contribution >= 0.6 is 59.8 Å².